The van der Waals surface area contributed by atoms with Gasteiger partial charge in [-0.3, -0.25) is 14.6 Å². The normalized spacial score (nSPS) is 10.2. The van der Waals surface area contributed by atoms with E-state index in [2.05, 4.69) is 15.4 Å². The third kappa shape index (κ3) is 3.62. The van der Waals surface area contributed by atoms with Gasteiger partial charge in [-0.05, 0) is 18.2 Å². The number of halogens is 1. The van der Waals surface area contributed by atoms with Gasteiger partial charge in [-0.1, -0.05) is 11.6 Å². The van der Waals surface area contributed by atoms with Gasteiger partial charge in [0.1, 0.15) is 5.69 Å². The zero-order chi connectivity index (χ0) is 13.7. The number of aromatic nitrogens is 3. The number of carbonyl (C=O) groups excluding carboxylic acids is 1. The van der Waals surface area contributed by atoms with Gasteiger partial charge >= 0.3 is 0 Å². The highest BCUT2D eigenvalue weighted by molar-refractivity contribution is 6.30. The van der Waals surface area contributed by atoms with Crippen molar-refractivity contribution in [2.75, 3.05) is 6.54 Å². The first-order valence-electron chi connectivity index (χ1n) is 5.59. The quantitative estimate of drug-likeness (QED) is 0.894. The molecule has 2 heterocycles. The zero-order valence-corrected chi connectivity index (χ0v) is 10.7. The van der Waals surface area contributed by atoms with Gasteiger partial charge in [0.05, 0.1) is 6.54 Å². The average molecular weight is 279 g/mol. The van der Waals surface area contributed by atoms with Crippen LogP contribution >= 0.6 is 11.6 Å². The van der Waals surface area contributed by atoms with E-state index in [4.69, 9.17) is 11.6 Å². The average Bonchev–Trinajstić information content (AvgIpc) is 2.41. The number of hydrogen-bond donors (Lipinski definition) is 1. The Bertz CT molecular complexity index is 641. The predicted octanol–water partition coefficient (Wildman–Crippen LogP) is 0.722. The summed E-state index contributed by atoms with van der Waals surface area (Å²) in [6, 6.07) is 6.04. The van der Waals surface area contributed by atoms with E-state index in [0.29, 0.717) is 11.6 Å². The molecule has 2 rings (SSSR count). The molecule has 1 amide bonds. The predicted molar refractivity (Wildman–Crippen MR) is 70.1 cm³/mol. The van der Waals surface area contributed by atoms with Crippen LogP contribution in [0.25, 0.3) is 0 Å². The minimum atomic E-state index is -0.341. The lowest BCUT2D eigenvalue weighted by molar-refractivity contribution is 0.0947. The largest absolute Gasteiger partial charge is 0.349 e. The van der Waals surface area contributed by atoms with Crippen molar-refractivity contribution in [1.82, 2.24) is 20.1 Å². The van der Waals surface area contributed by atoms with Gasteiger partial charge in [-0.2, -0.15) is 5.10 Å². The molecule has 7 heteroatoms. The Morgan fingerprint density at radius 3 is 2.95 bits per heavy atom. The van der Waals surface area contributed by atoms with Gasteiger partial charge in [0.2, 0.25) is 0 Å². The van der Waals surface area contributed by atoms with Crippen LogP contribution in [-0.2, 0) is 6.54 Å². The fourth-order valence-corrected chi connectivity index (χ4v) is 1.61. The highest BCUT2D eigenvalue weighted by Gasteiger charge is 2.06. The minimum absolute atomic E-state index is 0.211. The van der Waals surface area contributed by atoms with Gasteiger partial charge < -0.3 is 5.32 Å². The fraction of sp³-hybridized carbons (Fsp3) is 0.167. The lowest BCUT2D eigenvalue weighted by Gasteiger charge is -2.05. The summed E-state index contributed by atoms with van der Waals surface area (Å²) in [7, 11) is 0. The lowest BCUT2D eigenvalue weighted by atomic mass is 10.3. The number of amides is 1. The Kier molecular flexibility index (Phi) is 4.25. The summed E-state index contributed by atoms with van der Waals surface area (Å²) in [6.07, 6.45) is 2.97. The van der Waals surface area contributed by atoms with Crippen LogP contribution in [0.15, 0.2) is 41.5 Å². The maximum Gasteiger partial charge on any atom is 0.269 e. The minimum Gasteiger partial charge on any atom is -0.349 e. The van der Waals surface area contributed by atoms with Crippen LogP contribution < -0.4 is 10.9 Å². The van der Waals surface area contributed by atoms with Crippen molar-refractivity contribution in [2.24, 2.45) is 0 Å². The summed E-state index contributed by atoms with van der Waals surface area (Å²) < 4.78 is 1.27. The van der Waals surface area contributed by atoms with Crippen molar-refractivity contribution < 1.29 is 4.79 Å². The molecule has 1 N–H and O–H groups in total. The second-order valence-electron chi connectivity index (χ2n) is 3.70. The molecule has 19 heavy (non-hydrogen) atoms. The molecule has 0 aliphatic carbocycles. The first-order valence-corrected chi connectivity index (χ1v) is 5.96. The molecule has 0 saturated heterocycles. The third-order valence-corrected chi connectivity index (χ3v) is 2.58. The van der Waals surface area contributed by atoms with E-state index >= 15 is 0 Å². The van der Waals surface area contributed by atoms with E-state index in [1.54, 1.807) is 12.1 Å². The summed E-state index contributed by atoms with van der Waals surface area (Å²) in [5, 5.41) is 6.97. The van der Waals surface area contributed by atoms with Gasteiger partial charge in [0.15, 0.2) is 0 Å². The van der Waals surface area contributed by atoms with E-state index in [9.17, 15) is 9.59 Å². The second kappa shape index (κ2) is 6.10. The highest BCUT2D eigenvalue weighted by atomic mass is 35.5. The van der Waals surface area contributed by atoms with E-state index in [1.807, 2.05) is 0 Å². The Morgan fingerprint density at radius 2 is 2.21 bits per heavy atom. The zero-order valence-electron chi connectivity index (χ0n) is 9.91. The summed E-state index contributed by atoms with van der Waals surface area (Å²) in [5.41, 5.74) is 0.0264. The number of nitrogens with zero attached hydrogens (tertiary/aromatic N) is 3. The van der Waals surface area contributed by atoms with E-state index in [0.717, 1.165) is 0 Å². The molecule has 2 aromatic heterocycles. The number of pyridine rings is 1. The molecule has 6 nitrogen and oxygen atoms in total. The summed E-state index contributed by atoms with van der Waals surface area (Å²) >= 11 is 5.76. The van der Waals surface area contributed by atoms with Crippen LogP contribution in [0.4, 0.5) is 0 Å². The van der Waals surface area contributed by atoms with Crippen LogP contribution in [0.3, 0.4) is 0 Å². The van der Waals surface area contributed by atoms with Crippen molar-refractivity contribution in [3.63, 3.8) is 0 Å². The molecule has 0 fully saturated rings. The lowest BCUT2D eigenvalue weighted by Crippen LogP contribution is -2.31. The van der Waals surface area contributed by atoms with Gasteiger partial charge in [-0.15, -0.1) is 0 Å². The van der Waals surface area contributed by atoms with Crippen LogP contribution in [0.2, 0.25) is 5.02 Å². The summed E-state index contributed by atoms with van der Waals surface area (Å²) in [6.45, 7) is 0.579. The van der Waals surface area contributed by atoms with Gasteiger partial charge in [-0.25, -0.2) is 4.68 Å². The molecule has 2 aromatic rings. The van der Waals surface area contributed by atoms with Crippen LogP contribution in [0, 0.1) is 0 Å². The van der Waals surface area contributed by atoms with Gasteiger partial charge in [0, 0.05) is 30.0 Å². The molecular weight excluding hydrogens is 268 g/mol. The maximum atomic E-state index is 11.7. The molecule has 0 atom stereocenters. The molecule has 0 radical (unpaired) electrons. The number of nitrogens with one attached hydrogen (secondary N) is 1. The van der Waals surface area contributed by atoms with E-state index in [-0.39, 0.29) is 23.7 Å². The molecule has 98 valence electrons. The molecule has 0 unspecified atom stereocenters. The standard InChI is InChI=1S/C12H11ClN4O2/c13-9-3-5-14-10(8-9)12(19)15-6-7-17-11(18)2-1-4-16-17/h1-5,8H,6-7H2,(H,15,19). The monoisotopic (exact) mass is 278 g/mol. The maximum absolute atomic E-state index is 11.7. The molecule has 0 saturated carbocycles. The Labute approximate surface area is 114 Å². The molecule has 0 aliphatic rings. The SMILES string of the molecule is O=C(NCCn1ncccc1=O)c1cc(Cl)ccn1. The Balaban J connectivity index is 1.91. The number of rotatable bonds is 4. The second-order valence-corrected chi connectivity index (χ2v) is 4.14. The highest BCUT2D eigenvalue weighted by Crippen LogP contribution is 2.07. The van der Waals surface area contributed by atoms with E-state index < -0.39 is 0 Å². The van der Waals surface area contributed by atoms with E-state index in [1.165, 1.54) is 29.2 Å². The molecule has 0 spiro atoms. The number of carbonyl (C=O) groups is 1. The molecular formula is C12H11ClN4O2. The van der Waals surface area contributed by atoms with Gasteiger partial charge in [0.25, 0.3) is 11.5 Å². The first kappa shape index (κ1) is 13.2. The van der Waals surface area contributed by atoms with Crippen molar-refractivity contribution in [2.45, 2.75) is 6.54 Å². The summed E-state index contributed by atoms with van der Waals surface area (Å²) in [4.78, 5) is 27.0. The topological polar surface area (TPSA) is 76.9 Å². The van der Waals surface area contributed by atoms with Crippen molar-refractivity contribution in [1.29, 1.82) is 0 Å². The fourth-order valence-electron chi connectivity index (χ4n) is 1.45. The Morgan fingerprint density at radius 1 is 1.37 bits per heavy atom. The molecule has 0 bridgehead atoms. The number of hydrogen-bond acceptors (Lipinski definition) is 4. The molecule has 0 aliphatic heterocycles. The summed E-state index contributed by atoms with van der Waals surface area (Å²) in [5.74, 6) is -0.341. The first-order chi connectivity index (χ1) is 9.16. The smallest absolute Gasteiger partial charge is 0.269 e. The molecule has 0 aromatic carbocycles. The van der Waals surface area contributed by atoms with Crippen molar-refractivity contribution >= 4 is 17.5 Å². The Hall–Kier alpha value is -2.21. The van der Waals surface area contributed by atoms with Crippen LogP contribution in [0.1, 0.15) is 10.5 Å². The van der Waals surface area contributed by atoms with Crippen LogP contribution in [-0.4, -0.2) is 27.2 Å². The third-order valence-electron chi connectivity index (χ3n) is 2.35. The van der Waals surface area contributed by atoms with Crippen molar-refractivity contribution in [3.8, 4) is 0 Å². The van der Waals surface area contributed by atoms with Crippen LogP contribution in [0.5, 0.6) is 0 Å². The van der Waals surface area contributed by atoms with Crippen molar-refractivity contribution in [3.05, 3.63) is 57.7 Å².